The lowest BCUT2D eigenvalue weighted by Crippen LogP contribution is -2.44. The van der Waals surface area contributed by atoms with Crippen LogP contribution in [0.2, 0.25) is 0 Å². The molecule has 2 atom stereocenters. The minimum absolute atomic E-state index is 0.150. The van der Waals surface area contributed by atoms with Crippen molar-refractivity contribution in [3.8, 4) is 0 Å². The number of esters is 2. The number of ether oxygens (including phenoxy) is 4. The van der Waals surface area contributed by atoms with Gasteiger partial charge in [-0.15, -0.1) is 0 Å². The molecule has 0 radical (unpaired) electrons. The summed E-state index contributed by atoms with van der Waals surface area (Å²) in [6, 6.07) is 0. The van der Waals surface area contributed by atoms with E-state index in [-0.39, 0.29) is 32.2 Å². The number of aliphatic carboxylic acids is 1. The Labute approximate surface area is 357 Å². The Bertz CT molecular complexity index is 965. The predicted octanol–water partition coefficient (Wildman–Crippen LogP) is 11.7. The molecular weight excluding hydrogens is 731 g/mol. The van der Waals surface area contributed by atoms with E-state index in [1.807, 2.05) is 21.1 Å². The summed E-state index contributed by atoms with van der Waals surface area (Å²) in [5.74, 6) is -2.27. The van der Waals surface area contributed by atoms with Crippen molar-refractivity contribution >= 4 is 17.9 Å². The molecule has 0 aromatic rings. The van der Waals surface area contributed by atoms with Crippen molar-refractivity contribution in [2.75, 3.05) is 47.5 Å². The zero-order valence-corrected chi connectivity index (χ0v) is 38.7. The van der Waals surface area contributed by atoms with Gasteiger partial charge in [-0.2, -0.15) is 0 Å². The first-order chi connectivity index (χ1) is 28.1. The highest BCUT2D eigenvalue weighted by Crippen LogP contribution is 2.15. The molecule has 342 valence electrons. The summed E-state index contributed by atoms with van der Waals surface area (Å²) in [6.07, 6.45) is 40.9. The number of carbonyl (C=O) groups is 3. The van der Waals surface area contributed by atoms with E-state index in [2.05, 4.69) is 26.0 Å². The number of hydrogen-bond donors (Lipinski definition) is 0. The molecule has 0 aliphatic carbocycles. The summed E-state index contributed by atoms with van der Waals surface area (Å²) in [6.45, 7) is 4.76. The topological polar surface area (TPSA) is 111 Å². The number of carboxylic acids is 1. The van der Waals surface area contributed by atoms with Gasteiger partial charge in [-0.3, -0.25) is 9.59 Å². The Morgan fingerprint density at radius 3 is 1.28 bits per heavy atom. The Kier molecular flexibility index (Phi) is 40.3. The number of rotatable bonds is 45. The monoisotopic (exact) mass is 824 g/mol. The second-order valence-electron chi connectivity index (χ2n) is 17.8. The second kappa shape index (κ2) is 41.8. The number of likely N-dealkylation sites (N-methyl/N-ethyl adjacent to an activating group) is 1. The summed E-state index contributed by atoms with van der Waals surface area (Å²) in [5.41, 5.74) is 0. The summed E-state index contributed by atoms with van der Waals surface area (Å²) in [5, 5.41) is 11.7. The summed E-state index contributed by atoms with van der Waals surface area (Å²) >= 11 is 0. The smallest absolute Gasteiger partial charge is 0.306 e. The van der Waals surface area contributed by atoms with Crippen LogP contribution in [0.25, 0.3) is 0 Å². The van der Waals surface area contributed by atoms with E-state index < -0.39 is 24.3 Å². The SMILES string of the molecule is CCCCCCCCC/C=C\CCCCCCCCCC(=O)OC(COC(=O)CCCCCCCCCCCCCCCCC)COC(OCC[N+](C)(C)C)C(=O)[O-]. The highest BCUT2D eigenvalue weighted by molar-refractivity contribution is 5.70. The minimum atomic E-state index is -1.62. The first-order valence-electron chi connectivity index (χ1n) is 24.3. The van der Waals surface area contributed by atoms with E-state index in [0.29, 0.717) is 23.9 Å². The van der Waals surface area contributed by atoms with Crippen LogP contribution in [0.1, 0.15) is 226 Å². The first kappa shape index (κ1) is 56.0. The van der Waals surface area contributed by atoms with Crippen molar-refractivity contribution in [3.05, 3.63) is 12.2 Å². The molecule has 0 heterocycles. The Balaban J connectivity index is 4.36. The molecule has 9 nitrogen and oxygen atoms in total. The quantitative estimate of drug-likeness (QED) is 0.0196. The number of hydrogen-bond acceptors (Lipinski definition) is 8. The van der Waals surface area contributed by atoms with E-state index >= 15 is 0 Å². The maximum Gasteiger partial charge on any atom is 0.306 e. The zero-order chi connectivity index (χ0) is 42.8. The number of allylic oxidation sites excluding steroid dienone is 2. The van der Waals surface area contributed by atoms with Gasteiger partial charge < -0.3 is 33.3 Å². The zero-order valence-electron chi connectivity index (χ0n) is 38.7. The summed E-state index contributed by atoms with van der Waals surface area (Å²) in [7, 11) is 5.92. The van der Waals surface area contributed by atoms with E-state index in [9.17, 15) is 19.5 Å². The van der Waals surface area contributed by atoms with Crippen LogP contribution in [0.3, 0.4) is 0 Å². The number of nitrogens with zero attached hydrogens (tertiary/aromatic N) is 1. The first-order valence-corrected chi connectivity index (χ1v) is 24.3. The van der Waals surface area contributed by atoms with E-state index in [4.69, 9.17) is 18.9 Å². The van der Waals surface area contributed by atoms with E-state index in [0.717, 1.165) is 44.9 Å². The summed E-state index contributed by atoms with van der Waals surface area (Å²) in [4.78, 5) is 37.0. The normalized spacial score (nSPS) is 12.9. The van der Waals surface area contributed by atoms with Crippen LogP contribution < -0.4 is 5.11 Å². The molecule has 0 spiro atoms. The van der Waals surface area contributed by atoms with E-state index in [1.165, 1.54) is 148 Å². The third-order valence-electron chi connectivity index (χ3n) is 10.8. The molecule has 0 saturated heterocycles. The molecule has 0 aliphatic rings. The molecule has 9 heteroatoms. The number of carboxylic acid groups (broad SMARTS) is 1. The Morgan fingerprint density at radius 1 is 0.500 bits per heavy atom. The van der Waals surface area contributed by atoms with Gasteiger partial charge in [0.15, 0.2) is 12.4 Å². The van der Waals surface area contributed by atoms with Crippen molar-refractivity contribution in [3.63, 3.8) is 0 Å². The van der Waals surface area contributed by atoms with Gasteiger partial charge in [-0.05, 0) is 38.5 Å². The average molecular weight is 824 g/mol. The largest absolute Gasteiger partial charge is 0.545 e. The van der Waals surface area contributed by atoms with Gasteiger partial charge >= 0.3 is 11.9 Å². The van der Waals surface area contributed by atoms with Gasteiger partial charge in [0, 0.05) is 12.8 Å². The van der Waals surface area contributed by atoms with Gasteiger partial charge in [-0.25, -0.2) is 0 Å². The highest BCUT2D eigenvalue weighted by Gasteiger charge is 2.21. The van der Waals surface area contributed by atoms with Crippen LogP contribution in [0.15, 0.2) is 12.2 Å². The standard InChI is InChI=1S/C49H93NO8/c1-6-8-10-12-14-16-18-20-22-23-24-26-28-30-32-34-36-38-40-47(52)58-45(44-57-49(48(53)54)55-42-41-50(3,4)5)43-56-46(51)39-37-35-33-31-29-27-25-21-19-17-15-13-11-9-7-2/h22-23,45,49H,6-21,24-44H2,1-5H3/b23-22-. The van der Waals surface area contributed by atoms with Crippen molar-refractivity contribution in [2.24, 2.45) is 0 Å². The van der Waals surface area contributed by atoms with Gasteiger partial charge in [-0.1, -0.05) is 187 Å². The molecular formula is C49H93NO8. The second-order valence-corrected chi connectivity index (χ2v) is 17.8. The van der Waals surface area contributed by atoms with Crippen molar-refractivity contribution in [1.82, 2.24) is 0 Å². The Morgan fingerprint density at radius 2 is 0.879 bits per heavy atom. The molecule has 0 aromatic heterocycles. The molecule has 2 unspecified atom stereocenters. The van der Waals surface area contributed by atoms with Gasteiger partial charge in [0.1, 0.15) is 13.2 Å². The molecule has 0 amide bonds. The van der Waals surface area contributed by atoms with Crippen LogP contribution in [-0.2, 0) is 33.3 Å². The number of carbonyl (C=O) groups excluding carboxylic acids is 3. The minimum Gasteiger partial charge on any atom is -0.545 e. The van der Waals surface area contributed by atoms with Crippen LogP contribution >= 0.6 is 0 Å². The molecule has 0 rings (SSSR count). The Hall–Kier alpha value is -1.97. The molecule has 0 saturated carbocycles. The fourth-order valence-electron chi connectivity index (χ4n) is 6.94. The lowest BCUT2D eigenvalue weighted by Gasteiger charge is -2.26. The fourth-order valence-corrected chi connectivity index (χ4v) is 6.94. The third kappa shape index (κ3) is 42.2. The van der Waals surface area contributed by atoms with Crippen molar-refractivity contribution in [1.29, 1.82) is 0 Å². The van der Waals surface area contributed by atoms with E-state index in [1.54, 1.807) is 0 Å². The van der Waals surface area contributed by atoms with Crippen LogP contribution in [-0.4, -0.2) is 82.3 Å². The number of quaternary nitrogens is 1. The molecule has 0 fully saturated rings. The molecule has 0 aliphatic heterocycles. The predicted molar refractivity (Wildman–Crippen MR) is 237 cm³/mol. The van der Waals surface area contributed by atoms with Gasteiger partial charge in [0.2, 0.25) is 0 Å². The molecule has 0 bridgehead atoms. The average Bonchev–Trinajstić information content (AvgIpc) is 3.18. The lowest BCUT2D eigenvalue weighted by molar-refractivity contribution is -0.870. The molecule has 58 heavy (non-hydrogen) atoms. The molecule has 0 aromatic carbocycles. The van der Waals surface area contributed by atoms with Crippen molar-refractivity contribution in [2.45, 2.75) is 238 Å². The maximum atomic E-state index is 12.8. The fraction of sp³-hybridized carbons (Fsp3) is 0.898. The van der Waals surface area contributed by atoms with Crippen LogP contribution in [0.4, 0.5) is 0 Å². The number of unbranched alkanes of at least 4 members (excludes halogenated alkanes) is 28. The summed E-state index contributed by atoms with van der Waals surface area (Å²) < 4.78 is 22.6. The highest BCUT2D eigenvalue weighted by atomic mass is 16.7. The maximum absolute atomic E-state index is 12.8. The third-order valence-corrected chi connectivity index (χ3v) is 10.8. The van der Waals surface area contributed by atoms with Crippen molar-refractivity contribution < 1.29 is 42.9 Å². The van der Waals surface area contributed by atoms with Gasteiger partial charge in [0.25, 0.3) is 0 Å². The van der Waals surface area contributed by atoms with Crippen LogP contribution in [0.5, 0.6) is 0 Å². The lowest BCUT2D eigenvalue weighted by atomic mass is 10.0. The molecule has 0 N–H and O–H groups in total. The van der Waals surface area contributed by atoms with Crippen LogP contribution in [0, 0.1) is 0 Å². The van der Waals surface area contributed by atoms with Gasteiger partial charge in [0.05, 0.1) is 40.3 Å².